The fourth-order valence-electron chi connectivity index (χ4n) is 4.02. The van der Waals surface area contributed by atoms with Gasteiger partial charge in [-0.1, -0.05) is 34.1 Å². The molecular formula is C20H19Br2NO2. The van der Waals surface area contributed by atoms with Crippen LogP contribution in [0.4, 0.5) is 5.69 Å². The summed E-state index contributed by atoms with van der Waals surface area (Å²) in [5, 5.41) is 9.69. The second-order valence-electron chi connectivity index (χ2n) is 6.96. The number of β-amino-alcohol motifs (C(OH)–C–C–N with tert-alkyl or cyclic N) is 1. The number of ether oxygens (including phenoxy) is 1. The Bertz CT molecular complexity index is 878. The SMILES string of the molecule is CC1(C)c2ccccc2N(CCO)C12C=Cc1cc(Br)cc(Br)c1O2. The first kappa shape index (κ1) is 17.1. The predicted octanol–water partition coefficient (Wildman–Crippen LogP) is 5.10. The van der Waals surface area contributed by atoms with E-state index in [1.807, 2.05) is 12.1 Å². The van der Waals surface area contributed by atoms with E-state index in [4.69, 9.17) is 4.74 Å². The van der Waals surface area contributed by atoms with Crippen molar-refractivity contribution in [1.29, 1.82) is 0 Å². The molecule has 4 rings (SSSR count). The summed E-state index contributed by atoms with van der Waals surface area (Å²) in [4.78, 5) is 2.18. The van der Waals surface area contributed by atoms with Crippen molar-refractivity contribution >= 4 is 43.6 Å². The fraction of sp³-hybridized carbons (Fsp3) is 0.300. The molecule has 1 spiro atoms. The molecule has 0 saturated carbocycles. The number of halogens is 2. The highest BCUT2D eigenvalue weighted by molar-refractivity contribution is 9.11. The van der Waals surface area contributed by atoms with Gasteiger partial charge in [-0.2, -0.15) is 0 Å². The van der Waals surface area contributed by atoms with Crippen LogP contribution in [0.5, 0.6) is 5.75 Å². The number of hydrogen-bond acceptors (Lipinski definition) is 3. The van der Waals surface area contributed by atoms with Gasteiger partial charge in [-0.15, -0.1) is 0 Å². The smallest absolute Gasteiger partial charge is 0.212 e. The molecule has 0 aromatic heterocycles. The Morgan fingerprint density at radius 1 is 1.16 bits per heavy atom. The van der Waals surface area contributed by atoms with E-state index in [9.17, 15) is 5.11 Å². The van der Waals surface area contributed by atoms with E-state index in [0.717, 1.165) is 25.9 Å². The first-order valence-electron chi connectivity index (χ1n) is 8.26. The molecule has 1 unspecified atom stereocenters. The van der Waals surface area contributed by atoms with Crippen LogP contribution in [0.3, 0.4) is 0 Å². The number of nitrogens with zero attached hydrogens (tertiary/aromatic N) is 1. The maximum absolute atomic E-state index is 9.69. The average molecular weight is 465 g/mol. The molecule has 0 saturated heterocycles. The standard InChI is InChI=1S/C20H19Br2NO2/c1-19(2)15-5-3-4-6-17(15)23(9-10-24)20(19)8-7-13-11-14(21)12-16(22)18(13)25-20/h3-8,11-12,24H,9-10H2,1-2H3. The summed E-state index contributed by atoms with van der Waals surface area (Å²) in [5.41, 5.74) is 2.41. The van der Waals surface area contributed by atoms with E-state index in [0.29, 0.717) is 6.54 Å². The molecule has 2 heterocycles. The number of benzene rings is 2. The molecule has 0 aliphatic carbocycles. The first-order chi connectivity index (χ1) is 11.9. The number of hydrogen-bond donors (Lipinski definition) is 1. The van der Waals surface area contributed by atoms with Gasteiger partial charge in [0, 0.05) is 22.3 Å². The Morgan fingerprint density at radius 3 is 2.68 bits per heavy atom. The van der Waals surface area contributed by atoms with E-state index in [-0.39, 0.29) is 12.0 Å². The van der Waals surface area contributed by atoms with E-state index in [2.05, 4.69) is 87.0 Å². The monoisotopic (exact) mass is 463 g/mol. The minimum absolute atomic E-state index is 0.0672. The molecule has 1 N–H and O–H groups in total. The minimum Gasteiger partial charge on any atom is -0.462 e. The third-order valence-corrected chi connectivity index (χ3v) is 6.32. The number of fused-ring (bicyclic) bond motifs is 2. The molecule has 5 heteroatoms. The van der Waals surface area contributed by atoms with E-state index >= 15 is 0 Å². The largest absolute Gasteiger partial charge is 0.462 e. The van der Waals surface area contributed by atoms with Crippen LogP contribution in [-0.2, 0) is 5.41 Å². The third kappa shape index (κ3) is 2.32. The number of aliphatic hydroxyl groups is 1. The first-order valence-corrected chi connectivity index (χ1v) is 9.84. The van der Waals surface area contributed by atoms with E-state index in [1.165, 1.54) is 5.56 Å². The van der Waals surface area contributed by atoms with Gasteiger partial charge < -0.3 is 14.7 Å². The number of anilines is 1. The van der Waals surface area contributed by atoms with Gasteiger partial charge in [0.25, 0.3) is 0 Å². The minimum atomic E-state index is -0.678. The number of aliphatic hydroxyl groups excluding tert-OH is 1. The highest BCUT2D eigenvalue weighted by atomic mass is 79.9. The molecule has 2 aliphatic heterocycles. The van der Waals surface area contributed by atoms with E-state index < -0.39 is 5.72 Å². The molecule has 1 atom stereocenters. The van der Waals surface area contributed by atoms with Crippen LogP contribution in [0.15, 0.2) is 51.4 Å². The van der Waals surface area contributed by atoms with Gasteiger partial charge in [0.15, 0.2) is 0 Å². The van der Waals surface area contributed by atoms with Gasteiger partial charge >= 0.3 is 0 Å². The molecule has 130 valence electrons. The Kier molecular flexibility index (Phi) is 4.02. The van der Waals surface area contributed by atoms with Crippen molar-refractivity contribution < 1.29 is 9.84 Å². The quantitative estimate of drug-likeness (QED) is 0.670. The molecule has 0 radical (unpaired) electrons. The Hall–Kier alpha value is -1.30. The summed E-state index contributed by atoms with van der Waals surface area (Å²) in [6, 6.07) is 12.4. The predicted molar refractivity (Wildman–Crippen MR) is 108 cm³/mol. The van der Waals surface area contributed by atoms with Crippen LogP contribution in [0.2, 0.25) is 0 Å². The van der Waals surface area contributed by atoms with Crippen molar-refractivity contribution in [3.63, 3.8) is 0 Å². The zero-order valence-corrected chi connectivity index (χ0v) is 17.3. The Morgan fingerprint density at radius 2 is 1.92 bits per heavy atom. The second kappa shape index (κ2) is 5.86. The van der Waals surface area contributed by atoms with E-state index in [1.54, 1.807) is 0 Å². The zero-order valence-electron chi connectivity index (χ0n) is 14.1. The summed E-state index contributed by atoms with van der Waals surface area (Å²) >= 11 is 7.17. The lowest BCUT2D eigenvalue weighted by Crippen LogP contribution is -2.60. The lowest BCUT2D eigenvalue weighted by molar-refractivity contribution is 0.0497. The highest BCUT2D eigenvalue weighted by Crippen LogP contribution is 2.55. The molecule has 2 aromatic carbocycles. The summed E-state index contributed by atoms with van der Waals surface area (Å²) in [6.07, 6.45) is 4.25. The molecular weight excluding hydrogens is 446 g/mol. The Balaban J connectivity index is 1.92. The maximum atomic E-state index is 9.69. The number of para-hydroxylation sites is 1. The van der Waals surface area contributed by atoms with Gasteiger partial charge in [0.1, 0.15) is 5.75 Å². The van der Waals surface area contributed by atoms with Crippen LogP contribution in [0.25, 0.3) is 6.08 Å². The molecule has 0 bridgehead atoms. The molecule has 0 fully saturated rings. The van der Waals surface area contributed by atoms with Crippen molar-refractivity contribution in [3.05, 3.63) is 62.5 Å². The van der Waals surface area contributed by atoms with Gasteiger partial charge in [-0.3, -0.25) is 0 Å². The summed E-state index contributed by atoms with van der Waals surface area (Å²) in [7, 11) is 0. The van der Waals surface area contributed by atoms with Crippen molar-refractivity contribution in [2.75, 3.05) is 18.1 Å². The second-order valence-corrected chi connectivity index (χ2v) is 8.73. The van der Waals surface area contributed by atoms with Gasteiger partial charge in [0.05, 0.1) is 16.5 Å². The lowest BCUT2D eigenvalue weighted by atomic mass is 9.76. The molecule has 2 aliphatic rings. The van der Waals surface area contributed by atoms with Crippen molar-refractivity contribution in [1.82, 2.24) is 0 Å². The molecule has 3 nitrogen and oxygen atoms in total. The average Bonchev–Trinajstić information content (AvgIpc) is 2.75. The summed E-state index contributed by atoms with van der Waals surface area (Å²) in [5.74, 6) is 0.828. The van der Waals surface area contributed by atoms with Crippen LogP contribution in [-0.4, -0.2) is 24.0 Å². The highest BCUT2D eigenvalue weighted by Gasteiger charge is 2.58. The summed E-state index contributed by atoms with van der Waals surface area (Å²) in [6.45, 7) is 4.97. The molecule has 25 heavy (non-hydrogen) atoms. The maximum Gasteiger partial charge on any atom is 0.212 e. The molecule has 0 amide bonds. The third-order valence-electron chi connectivity index (χ3n) is 5.27. The van der Waals surface area contributed by atoms with Crippen LogP contribution in [0.1, 0.15) is 25.0 Å². The lowest BCUT2D eigenvalue weighted by Gasteiger charge is -2.47. The molecule has 2 aromatic rings. The zero-order chi connectivity index (χ0) is 17.8. The van der Waals surface area contributed by atoms with Gasteiger partial charge in [-0.05, 0) is 65.7 Å². The van der Waals surface area contributed by atoms with Gasteiger partial charge in [0.2, 0.25) is 5.72 Å². The Labute approximate surface area is 164 Å². The van der Waals surface area contributed by atoms with Gasteiger partial charge in [-0.25, -0.2) is 0 Å². The van der Waals surface area contributed by atoms with Crippen LogP contribution < -0.4 is 9.64 Å². The topological polar surface area (TPSA) is 32.7 Å². The van der Waals surface area contributed by atoms with Crippen LogP contribution in [0, 0.1) is 0 Å². The summed E-state index contributed by atoms with van der Waals surface area (Å²) < 4.78 is 8.61. The normalized spacial score (nSPS) is 22.7. The fourth-order valence-corrected chi connectivity index (χ4v) is 5.36. The van der Waals surface area contributed by atoms with Crippen LogP contribution >= 0.6 is 31.9 Å². The van der Waals surface area contributed by atoms with Crippen molar-refractivity contribution in [2.45, 2.75) is 25.0 Å². The van der Waals surface area contributed by atoms with Crippen molar-refractivity contribution in [3.8, 4) is 5.75 Å². The van der Waals surface area contributed by atoms with Crippen molar-refractivity contribution in [2.24, 2.45) is 0 Å². The number of rotatable bonds is 2.